The summed E-state index contributed by atoms with van der Waals surface area (Å²) < 4.78 is 1.45. The molecule has 1 fully saturated rings. The van der Waals surface area contributed by atoms with Gasteiger partial charge in [-0.2, -0.15) is 5.10 Å². The van der Waals surface area contributed by atoms with Crippen LogP contribution in [0.5, 0.6) is 0 Å². The van der Waals surface area contributed by atoms with Crippen LogP contribution in [0.2, 0.25) is 0 Å². The van der Waals surface area contributed by atoms with Crippen LogP contribution in [0.25, 0.3) is 5.78 Å². The number of amides is 1. The molecule has 0 bridgehead atoms. The average Bonchev–Trinajstić information content (AvgIpc) is 3.11. The number of piperidine rings is 1. The van der Waals surface area contributed by atoms with E-state index in [2.05, 4.69) is 20.2 Å². The minimum absolute atomic E-state index is 0.159. The van der Waals surface area contributed by atoms with E-state index < -0.39 is 0 Å². The Morgan fingerprint density at radius 2 is 2.21 bits per heavy atom. The molecule has 8 heteroatoms. The smallest absolute Gasteiger partial charge is 0.274 e. The van der Waals surface area contributed by atoms with Crippen molar-refractivity contribution in [3.8, 4) is 0 Å². The van der Waals surface area contributed by atoms with Gasteiger partial charge in [-0.25, -0.2) is 4.98 Å². The van der Waals surface area contributed by atoms with Crippen molar-refractivity contribution in [1.82, 2.24) is 29.5 Å². The molecule has 1 saturated heterocycles. The molecule has 3 aromatic heterocycles. The van der Waals surface area contributed by atoms with Gasteiger partial charge < -0.3 is 9.88 Å². The third-order valence-corrected chi connectivity index (χ3v) is 4.33. The van der Waals surface area contributed by atoms with Crippen LogP contribution in [0.15, 0.2) is 41.6 Å². The fraction of sp³-hybridized carbons (Fsp3) is 0.312. The summed E-state index contributed by atoms with van der Waals surface area (Å²) >= 11 is 0. The van der Waals surface area contributed by atoms with Crippen molar-refractivity contribution in [2.24, 2.45) is 0 Å². The molecule has 8 nitrogen and oxygen atoms in total. The van der Waals surface area contributed by atoms with Crippen molar-refractivity contribution in [3.05, 3.63) is 58.5 Å². The van der Waals surface area contributed by atoms with Gasteiger partial charge in [0, 0.05) is 36.9 Å². The predicted molar refractivity (Wildman–Crippen MR) is 85.5 cm³/mol. The first kappa shape index (κ1) is 14.6. The van der Waals surface area contributed by atoms with Gasteiger partial charge in [0.05, 0.1) is 6.04 Å². The number of imidazole rings is 1. The lowest BCUT2D eigenvalue weighted by molar-refractivity contribution is 0.0598. The fourth-order valence-corrected chi connectivity index (χ4v) is 3.18. The summed E-state index contributed by atoms with van der Waals surface area (Å²) in [5.74, 6) is 0.312. The average molecular weight is 324 g/mol. The van der Waals surface area contributed by atoms with Gasteiger partial charge in [-0.1, -0.05) is 0 Å². The molecule has 0 radical (unpaired) electrons. The molecule has 0 aliphatic carbocycles. The van der Waals surface area contributed by atoms with Gasteiger partial charge in [-0.05, 0) is 31.4 Å². The lowest BCUT2D eigenvalue weighted by Crippen LogP contribution is -2.39. The van der Waals surface area contributed by atoms with Crippen LogP contribution in [0.4, 0.5) is 0 Å². The van der Waals surface area contributed by atoms with Crippen molar-refractivity contribution >= 4 is 11.7 Å². The number of H-pyrrole nitrogens is 1. The van der Waals surface area contributed by atoms with Crippen LogP contribution in [0.3, 0.4) is 0 Å². The lowest BCUT2D eigenvalue weighted by atomic mass is 9.98. The molecule has 1 aliphatic heterocycles. The SMILES string of the molecule is O=C(c1cccnn1)N1CCCCC1c1cc(=O)n2ccnc2[nH]1. The van der Waals surface area contributed by atoms with Gasteiger partial charge in [0.25, 0.3) is 11.5 Å². The molecule has 0 spiro atoms. The Balaban J connectivity index is 1.73. The third-order valence-electron chi connectivity index (χ3n) is 4.33. The summed E-state index contributed by atoms with van der Waals surface area (Å²) in [6.45, 7) is 0.627. The topological polar surface area (TPSA) is 96.2 Å². The first-order valence-corrected chi connectivity index (χ1v) is 7.89. The number of carbonyl (C=O) groups is 1. The van der Waals surface area contributed by atoms with E-state index in [1.807, 2.05) is 0 Å². The molecule has 4 rings (SSSR count). The maximum atomic E-state index is 12.8. The molecule has 4 heterocycles. The Kier molecular flexibility index (Phi) is 3.56. The second-order valence-electron chi connectivity index (χ2n) is 5.80. The van der Waals surface area contributed by atoms with Crippen molar-refractivity contribution in [2.45, 2.75) is 25.3 Å². The van der Waals surface area contributed by atoms with Crippen molar-refractivity contribution < 1.29 is 4.79 Å². The number of aromatic nitrogens is 5. The van der Waals surface area contributed by atoms with Crippen LogP contribution in [0, 0.1) is 0 Å². The molecule has 1 unspecified atom stereocenters. The highest BCUT2D eigenvalue weighted by atomic mass is 16.2. The summed E-state index contributed by atoms with van der Waals surface area (Å²) in [6.07, 6.45) is 7.43. The molecule has 0 saturated carbocycles. The molecule has 1 atom stereocenters. The highest BCUT2D eigenvalue weighted by molar-refractivity contribution is 5.92. The largest absolute Gasteiger partial charge is 0.329 e. The number of hydrogen-bond acceptors (Lipinski definition) is 5. The minimum Gasteiger partial charge on any atom is -0.329 e. The number of fused-ring (bicyclic) bond motifs is 1. The van der Waals surface area contributed by atoms with E-state index in [4.69, 9.17) is 0 Å². The standard InChI is InChI=1S/C16H16N6O2/c23-14-10-12(19-16-17-7-9-22(14)16)13-5-1-2-8-21(13)15(24)11-4-3-6-18-20-11/h3-4,6-7,9-10,13H,1-2,5,8H2,(H,17,19). The van der Waals surface area contributed by atoms with E-state index in [0.29, 0.717) is 23.7 Å². The van der Waals surface area contributed by atoms with E-state index in [0.717, 1.165) is 19.3 Å². The Hall–Kier alpha value is -3.03. The maximum Gasteiger partial charge on any atom is 0.274 e. The van der Waals surface area contributed by atoms with E-state index in [9.17, 15) is 9.59 Å². The second-order valence-corrected chi connectivity index (χ2v) is 5.80. The van der Waals surface area contributed by atoms with Gasteiger partial charge in [0.2, 0.25) is 5.78 Å². The van der Waals surface area contributed by atoms with Gasteiger partial charge in [-0.15, -0.1) is 5.10 Å². The van der Waals surface area contributed by atoms with Crippen molar-refractivity contribution in [3.63, 3.8) is 0 Å². The Morgan fingerprint density at radius 3 is 3.04 bits per heavy atom. The number of likely N-dealkylation sites (tertiary alicyclic amines) is 1. The van der Waals surface area contributed by atoms with Crippen LogP contribution < -0.4 is 5.56 Å². The zero-order chi connectivity index (χ0) is 16.5. The number of nitrogens with one attached hydrogen (secondary N) is 1. The normalized spacial score (nSPS) is 18.0. The highest BCUT2D eigenvalue weighted by Gasteiger charge is 2.30. The molecule has 1 aliphatic rings. The molecule has 1 amide bonds. The minimum atomic E-state index is -0.192. The molecule has 3 aromatic rings. The molecular formula is C16H16N6O2. The summed E-state index contributed by atoms with van der Waals surface area (Å²) in [5, 5.41) is 7.69. The second kappa shape index (κ2) is 5.88. The number of aromatic amines is 1. The molecule has 24 heavy (non-hydrogen) atoms. The number of rotatable bonds is 2. The van der Waals surface area contributed by atoms with Crippen LogP contribution in [-0.2, 0) is 0 Å². The number of carbonyl (C=O) groups excluding carboxylic acids is 1. The van der Waals surface area contributed by atoms with E-state index in [-0.39, 0.29) is 17.5 Å². The van der Waals surface area contributed by atoms with Gasteiger partial charge in [-0.3, -0.25) is 14.0 Å². The molecular weight excluding hydrogens is 308 g/mol. The van der Waals surface area contributed by atoms with Gasteiger partial charge in [0.1, 0.15) is 0 Å². The molecule has 122 valence electrons. The lowest BCUT2D eigenvalue weighted by Gasteiger charge is -2.35. The van der Waals surface area contributed by atoms with Crippen molar-refractivity contribution in [1.29, 1.82) is 0 Å². The first-order valence-electron chi connectivity index (χ1n) is 7.89. The third kappa shape index (κ3) is 2.45. The molecule has 0 aromatic carbocycles. The maximum absolute atomic E-state index is 12.8. The van der Waals surface area contributed by atoms with Crippen molar-refractivity contribution in [2.75, 3.05) is 6.54 Å². The number of hydrogen-bond donors (Lipinski definition) is 1. The van der Waals surface area contributed by atoms with Crippen LogP contribution >= 0.6 is 0 Å². The highest BCUT2D eigenvalue weighted by Crippen LogP contribution is 2.30. The zero-order valence-electron chi connectivity index (χ0n) is 12.9. The van der Waals surface area contributed by atoms with Crippen LogP contribution in [-0.4, -0.2) is 41.9 Å². The molecule has 1 N–H and O–H groups in total. The zero-order valence-corrected chi connectivity index (χ0v) is 12.9. The monoisotopic (exact) mass is 324 g/mol. The predicted octanol–water partition coefficient (Wildman–Crippen LogP) is 1.18. The Labute approximate surface area is 137 Å². The first-order chi connectivity index (χ1) is 11.7. The summed E-state index contributed by atoms with van der Waals surface area (Å²) in [6, 6.07) is 4.70. The van der Waals surface area contributed by atoms with Crippen LogP contribution in [0.1, 0.15) is 41.5 Å². The summed E-state index contributed by atoms with van der Waals surface area (Å²) in [4.78, 5) is 34.1. The van der Waals surface area contributed by atoms with E-state index >= 15 is 0 Å². The summed E-state index contributed by atoms with van der Waals surface area (Å²) in [5.41, 5.74) is 0.859. The Morgan fingerprint density at radius 1 is 1.29 bits per heavy atom. The Bertz CT molecular complexity index is 932. The van der Waals surface area contributed by atoms with E-state index in [1.165, 1.54) is 10.6 Å². The van der Waals surface area contributed by atoms with Gasteiger partial charge >= 0.3 is 0 Å². The fourth-order valence-electron chi connectivity index (χ4n) is 3.18. The summed E-state index contributed by atoms with van der Waals surface area (Å²) in [7, 11) is 0. The van der Waals surface area contributed by atoms with E-state index in [1.54, 1.807) is 35.5 Å². The van der Waals surface area contributed by atoms with Gasteiger partial charge in [0.15, 0.2) is 5.69 Å². The number of nitrogens with zero attached hydrogens (tertiary/aromatic N) is 5. The quantitative estimate of drug-likeness (QED) is 0.763.